The maximum atomic E-state index is 13.0. The first kappa shape index (κ1) is 13.3. The SMILES string of the molecule is Cc1ccc(NCc2cncc(F)c2)cc1N(C)C. The maximum absolute atomic E-state index is 13.0. The second-order valence-electron chi connectivity index (χ2n) is 4.76. The van der Waals surface area contributed by atoms with Crippen LogP contribution in [-0.2, 0) is 6.54 Å². The first-order valence-corrected chi connectivity index (χ1v) is 6.17. The summed E-state index contributed by atoms with van der Waals surface area (Å²) < 4.78 is 13.0. The van der Waals surface area contributed by atoms with Crippen molar-refractivity contribution in [2.75, 3.05) is 24.3 Å². The average molecular weight is 259 g/mol. The second-order valence-corrected chi connectivity index (χ2v) is 4.76. The van der Waals surface area contributed by atoms with Gasteiger partial charge in [0.05, 0.1) is 6.20 Å². The van der Waals surface area contributed by atoms with Gasteiger partial charge in [-0.2, -0.15) is 0 Å². The van der Waals surface area contributed by atoms with Gasteiger partial charge in [0.1, 0.15) is 5.82 Å². The van der Waals surface area contributed by atoms with Crippen molar-refractivity contribution in [1.82, 2.24) is 4.98 Å². The molecule has 0 saturated heterocycles. The Balaban J connectivity index is 2.09. The second kappa shape index (κ2) is 5.69. The van der Waals surface area contributed by atoms with Crippen LogP contribution in [0.2, 0.25) is 0 Å². The summed E-state index contributed by atoms with van der Waals surface area (Å²) in [4.78, 5) is 5.91. The monoisotopic (exact) mass is 259 g/mol. The van der Waals surface area contributed by atoms with E-state index in [1.807, 2.05) is 20.2 Å². The lowest BCUT2D eigenvalue weighted by atomic mass is 10.1. The van der Waals surface area contributed by atoms with E-state index in [1.54, 1.807) is 6.20 Å². The zero-order valence-electron chi connectivity index (χ0n) is 11.4. The molecule has 0 fully saturated rings. The fourth-order valence-electron chi connectivity index (χ4n) is 1.96. The minimum atomic E-state index is -0.308. The van der Waals surface area contributed by atoms with Crippen molar-refractivity contribution in [2.45, 2.75) is 13.5 Å². The van der Waals surface area contributed by atoms with Crippen LogP contribution >= 0.6 is 0 Å². The summed E-state index contributed by atoms with van der Waals surface area (Å²) in [5, 5.41) is 3.28. The molecule has 2 rings (SSSR count). The first-order valence-electron chi connectivity index (χ1n) is 6.17. The molecule has 0 unspecified atom stereocenters. The topological polar surface area (TPSA) is 28.2 Å². The van der Waals surface area contributed by atoms with Crippen LogP contribution < -0.4 is 10.2 Å². The van der Waals surface area contributed by atoms with Crippen LogP contribution in [0.3, 0.4) is 0 Å². The van der Waals surface area contributed by atoms with Crippen molar-refractivity contribution in [3.05, 3.63) is 53.6 Å². The minimum Gasteiger partial charge on any atom is -0.381 e. The van der Waals surface area contributed by atoms with Gasteiger partial charge >= 0.3 is 0 Å². The van der Waals surface area contributed by atoms with Crippen molar-refractivity contribution in [1.29, 1.82) is 0 Å². The summed E-state index contributed by atoms with van der Waals surface area (Å²) in [6.45, 7) is 2.64. The van der Waals surface area contributed by atoms with E-state index < -0.39 is 0 Å². The Morgan fingerprint density at radius 2 is 2.00 bits per heavy atom. The van der Waals surface area contributed by atoms with E-state index >= 15 is 0 Å². The van der Waals surface area contributed by atoms with E-state index in [2.05, 4.69) is 34.3 Å². The molecule has 0 spiro atoms. The van der Waals surface area contributed by atoms with Crippen LogP contribution in [-0.4, -0.2) is 19.1 Å². The quantitative estimate of drug-likeness (QED) is 0.914. The summed E-state index contributed by atoms with van der Waals surface area (Å²) in [7, 11) is 4.03. The molecule has 1 N–H and O–H groups in total. The third-order valence-electron chi connectivity index (χ3n) is 2.95. The molecule has 0 radical (unpaired) electrons. The number of rotatable bonds is 4. The zero-order chi connectivity index (χ0) is 13.8. The van der Waals surface area contributed by atoms with E-state index in [0.29, 0.717) is 6.54 Å². The third-order valence-corrected chi connectivity index (χ3v) is 2.95. The summed E-state index contributed by atoms with van der Waals surface area (Å²) in [5.41, 5.74) is 4.23. The van der Waals surface area contributed by atoms with Gasteiger partial charge in [-0.25, -0.2) is 4.39 Å². The van der Waals surface area contributed by atoms with Crippen molar-refractivity contribution in [3.8, 4) is 0 Å². The number of nitrogens with zero attached hydrogens (tertiary/aromatic N) is 2. The lowest BCUT2D eigenvalue weighted by molar-refractivity contribution is 0.619. The van der Waals surface area contributed by atoms with Gasteiger partial charge in [0, 0.05) is 38.2 Å². The highest BCUT2D eigenvalue weighted by atomic mass is 19.1. The Hall–Kier alpha value is -2.10. The fourth-order valence-corrected chi connectivity index (χ4v) is 1.96. The fraction of sp³-hybridized carbons (Fsp3) is 0.267. The number of aromatic nitrogens is 1. The molecule has 0 aliphatic rings. The predicted octanol–water partition coefficient (Wildman–Crippen LogP) is 3.21. The Kier molecular flexibility index (Phi) is 4.00. The molecule has 0 atom stereocenters. The molecule has 0 aliphatic carbocycles. The van der Waals surface area contributed by atoms with Crippen molar-refractivity contribution < 1.29 is 4.39 Å². The Bertz CT molecular complexity index is 567. The minimum absolute atomic E-state index is 0.308. The normalized spacial score (nSPS) is 10.3. The van der Waals surface area contributed by atoms with Crippen molar-refractivity contribution >= 4 is 11.4 Å². The van der Waals surface area contributed by atoms with Gasteiger partial charge in [0.25, 0.3) is 0 Å². The van der Waals surface area contributed by atoms with Gasteiger partial charge < -0.3 is 10.2 Å². The number of pyridine rings is 1. The molecule has 1 heterocycles. The molecule has 1 aromatic carbocycles. The van der Waals surface area contributed by atoms with Crippen LogP contribution in [0.4, 0.5) is 15.8 Å². The molecular formula is C15H18FN3. The molecular weight excluding hydrogens is 241 g/mol. The molecule has 100 valence electrons. The van der Waals surface area contributed by atoms with E-state index in [0.717, 1.165) is 11.3 Å². The maximum Gasteiger partial charge on any atom is 0.141 e. The summed E-state index contributed by atoms with van der Waals surface area (Å²) in [5.74, 6) is -0.308. The Labute approximate surface area is 113 Å². The predicted molar refractivity (Wildman–Crippen MR) is 77.0 cm³/mol. The van der Waals surface area contributed by atoms with E-state index in [-0.39, 0.29) is 5.82 Å². The highest BCUT2D eigenvalue weighted by Gasteiger charge is 2.03. The van der Waals surface area contributed by atoms with Gasteiger partial charge in [0.2, 0.25) is 0 Å². The van der Waals surface area contributed by atoms with Gasteiger partial charge in [-0.3, -0.25) is 4.98 Å². The highest BCUT2D eigenvalue weighted by Crippen LogP contribution is 2.22. The summed E-state index contributed by atoms with van der Waals surface area (Å²) >= 11 is 0. The number of aryl methyl sites for hydroxylation is 1. The van der Waals surface area contributed by atoms with Crippen LogP contribution in [0.15, 0.2) is 36.7 Å². The highest BCUT2D eigenvalue weighted by molar-refractivity contribution is 5.61. The molecule has 0 saturated carbocycles. The lowest BCUT2D eigenvalue weighted by Crippen LogP contribution is -2.11. The lowest BCUT2D eigenvalue weighted by Gasteiger charge is -2.17. The van der Waals surface area contributed by atoms with Gasteiger partial charge in [-0.1, -0.05) is 6.07 Å². The molecule has 4 heteroatoms. The average Bonchev–Trinajstić information content (AvgIpc) is 2.37. The Morgan fingerprint density at radius 3 is 2.68 bits per heavy atom. The largest absolute Gasteiger partial charge is 0.381 e. The summed E-state index contributed by atoms with van der Waals surface area (Å²) in [6, 6.07) is 7.67. The van der Waals surface area contributed by atoms with Crippen molar-refractivity contribution in [3.63, 3.8) is 0 Å². The third kappa shape index (κ3) is 3.44. The molecule has 0 amide bonds. The zero-order valence-corrected chi connectivity index (χ0v) is 11.4. The van der Waals surface area contributed by atoms with Crippen LogP contribution in [0.1, 0.15) is 11.1 Å². The smallest absolute Gasteiger partial charge is 0.141 e. The van der Waals surface area contributed by atoms with Crippen LogP contribution in [0, 0.1) is 12.7 Å². The van der Waals surface area contributed by atoms with E-state index in [4.69, 9.17) is 0 Å². The van der Waals surface area contributed by atoms with E-state index in [1.165, 1.54) is 23.5 Å². The van der Waals surface area contributed by atoms with Gasteiger partial charge in [0.15, 0.2) is 0 Å². The number of benzene rings is 1. The number of halogens is 1. The van der Waals surface area contributed by atoms with Crippen molar-refractivity contribution in [2.24, 2.45) is 0 Å². The number of nitrogens with one attached hydrogen (secondary N) is 1. The van der Waals surface area contributed by atoms with E-state index in [9.17, 15) is 4.39 Å². The summed E-state index contributed by atoms with van der Waals surface area (Å²) in [6.07, 6.45) is 2.87. The number of hydrogen-bond acceptors (Lipinski definition) is 3. The molecule has 3 nitrogen and oxygen atoms in total. The number of hydrogen-bond donors (Lipinski definition) is 1. The molecule has 0 bridgehead atoms. The first-order chi connectivity index (χ1) is 9.06. The van der Waals surface area contributed by atoms with Gasteiger partial charge in [-0.15, -0.1) is 0 Å². The number of anilines is 2. The molecule has 0 aliphatic heterocycles. The Morgan fingerprint density at radius 1 is 1.21 bits per heavy atom. The van der Waals surface area contributed by atoms with Crippen LogP contribution in [0.5, 0.6) is 0 Å². The standard InChI is InChI=1S/C15H18FN3/c1-11-4-5-14(7-15(11)19(2)3)18-9-12-6-13(16)10-17-8-12/h4-8,10,18H,9H2,1-3H3. The molecule has 1 aromatic heterocycles. The molecule has 2 aromatic rings. The van der Waals surface area contributed by atoms with Crippen LogP contribution in [0.25, 0.3) is 0 Å². The van der Waals surface area contributed by atoms with Gasteiger partial charge in [-0.05, 0) is 36.2 Å². The molecule has 19 heavy (non-hydrogen) atoms.